The van der Waals surface area contributed by atoms with Gasteiger partial charge in [-0.2, -0.15) is 0 Å². The van der Waals surface area contributed by atoms with Crippen molar-refractivity contribution in [3.8, 4) is 0 Å². The van der Waals surface area contributed by atoms with E-state index in [0.29, 0.717) is 19.0 Å². The van der Waals surface area contributed by atoms with Crippen LogP contribution in [0.5, 0.6) is 0 Å². The molecule has 0 radical (unpaired) electrons. The van der Waals surface area contributed by atoms with Gasteiger partial charge in [0.1, 0.15) is 0 Å². The molecule has 114 valence electrons. The van der Waals surface area contributed by atoms with Crippen molar-refractivity contribution in [1.82, 2.24) is 5.32 Å². The van der Waals surface area contributed by atoms with Crippen LogP contribution in [-0.2, 0) is 16.0 Å². The molecule has 0 aliphatic heterocycles. The minimum Gasteiger partial charge on any atom is -0.390 e. The summed E-state index contributed by atoms with van der Waals surface area (Å²) in [6.07, 6.45) is -0.407. The van der Waals surface area contributed by atoms with Crippen molar-refractivity contribution in [2.75, 3.05) is 39.2 Å². The third-order valence-electron chi connectivity index (χ3n) is 2.69. The Morgan fingerprint density at radius 2 is 2.05 bits per heavy atom. The number of thioether (sulfide) groups is 1. The summed E-state index contributed by atoms with van der Waals surface area (Å²) < 4.78 is 10.2. The van der Waals surface area contributed by atoms with E-state index >= 15 is 0 Å². The second-order valence-corrected chi connectivity index (χ2v) is 5.53. The Labute approximate surface area is 125 Å². The molecule has 2 N–H and O–H groups in total. The molecule has 1 atom stereocenters. The Bertz CT molecular complexity index is 345. The van der Waals surface area contributed by atoms with E-state index in [1.54, 1.807) is 18.9 Å². The number of nitrogens with one attached hydrogen (secondary N) is 1. The number of rotatable bonds is 11. The van der Waals surface area contributed by atoms with Crippen LogP contribution in [0.2, 0.25) is 0 Å². The first-order valence-electron chi connectivity index (χ1n) is 6.93. The Morgan fingerprint density at radius 1 is 1.30 bits per heavy atom. The van der Waals surface area contributed by atoms with Crippen molar-refractivity contribution in [3.63, 3.8) is 0 Å². The molecule has 0 fully saturated rings. The summed E-state index contributed by atoms with van der Waals surface area (Å²) in [4.78, 5) is 1.17. The summed E-state index contributed by atoms with van der Waals surface area (Å²) >= 11 is 1.65. The molecule has 5 heteroatoms. The van der Waals surface area contributed by atoms with Crippen LogP contribution in [0.25, 0.3) is 0 Å². The highest BCUT2D eigenvalue weighted by molar-refractivity contribution is 7.99. The summed E-state index contributed by atoms with van der Waals surface area (Å²) in [5.74, 6) is 0.658. The molecule has 1 aromatic carbocycles. The van der Waals surface area contributed by atoms with Crippen molar-refractivity contribution >= 4 is 11.8 Å². The van der Waals surface area contributed by atoms with Crippen LogP contribution in [0.15, 0.2) is 29.2 Å². The van der Waals surface area contributed by atoms with Crippen molar-refractivity contribution < 1.29 is 14.6 Å². The number of hydrogen-bond acceptors (Lipinski definition) is 5. The van der Waals surface area contributed by atoms with E-state index in [-0.39, 0.29) is 0 Å². The highest BCUT2D eigenvalue weighted by Crippen LogP contribution is 2.19. The smallest absolute Gasteiger partial charge is 0.0867 e. The minimum absolute atomic E-state index is 0.407. The topological polar surface area (TPSA) is 50.7 Å². The Hall–Kier alpha value is -0.590. The standard InChI is InChI=1S/C15H25NO3S/c1-3-19-11-14(17)12-20-15-6-4-13(5-7-15)10-16-8-9-18-2/h4-7,14,16-17H,3,8-12H2,1-2H3. The lowest BCUT2D eigenvalue weighted by Crippen LogP contribution is -2.18. The SMILES string of the molecule is CCOCC(O)CSc1ccc(CNCCOC)cc1. The maximum absolute atomic E-state index is 9.70. The van der Waals surface area contributed by atoms with Crippen LogP contribution in [-0.4, -0.2) is 50.4 Å². The van der Waals surface area contributed by atoms with Crippen LogP contribution in [0.3, 0.4) is 0 Å². The predicted octanol–water partition coefficient (Wildman–Crippen LogP) is 1.91. The highest BCUT2D eigenvalue weighted by atomic mass is 32.2. The van der Waals surface area contributed by atoms with E-state index < -0.39 is 6.10 Å². The molecule has 0 saturated carbocycles. The van der Waals surface area contributed by atoms with Gasteiger partial charge in [0.25, 0.3) is 0 Å². The van der Waals surface area contributed by atoms with Gasteiger partial charge in [0.15, 0.2) is 0 Å². The third kappa shape index (κ3) is 7.87. The van der Waals surface area contributed by atoms with Gasteiger partial charge in [0.05, 0.1) is 19.3 Å². The summed E-state index contributed by atoms with van der Waals surface area (Å²) in [6, 6.07) is 8.39. The van der Waals surface area contributed by atoms with Gasteiger partial charge in [-0.25, -0.2) is 0 Å². The monoisotopic (exact) mass is 299 g/mol. The van der Waals surface area contributed by atoms with Crippen LogP contribution in [0, 0.1) is 0 Å². The zero-order chi connectivity index (χ0) is 14.6. The lowest BCUT2D eigenvalue weighted by atomic mass is 10.2. The summed E-state index contributed by atoms with van der Waals surface area (Å²) in [6.45, 7) is 5.42. The fraction of sp³-hybridized carbons (Fsp3) is 0.600. The first-order valence-corrected chi connectivity index (χ1v) is 7.92. The van der Waals surface area contributed by atoms with Gasteiger partial charge in [-0.05, 0) is 24.6 Å². The van der Waals surface area contributed by atoms with Crippen molar-refractivity contribution in [3.05, 3.63) is 29.8 Å². The predicted molar refractivity (Wildman–Crippen MR) is 83.2 cm³/mol. The number of methoxy groups -OCH3 is 1. The van der Waals surface area contributed by atoms with Gasteiger partial charge in [-0.15, -0.1) is 11.8 Å². The molecule has 1 unspecified atom stereocenters. The number of ether oxygens (including phenoxy) is 2. The third-order valence-corrected chi connectivity index (χ3v) is 3.85. The molecule has 1 aromatic rings. The van der Waals surface area contributed by atoms with Gasteiger partial charge in [-0.1, -0.05) is 12.1 Å². The number of hydrogen-bond donors (Lipinski definition) is 2. The maximum Gasteiger partial charge on any atom is 0.0867 e. The van der Waals surface area contributed by atoms with Gasteiger partial charge < -0.3 is 19.9 Å². The Morgan fingerprint density at radius 3 is 2.70 bits per heavy atom. The van der Waals surface area contributed by atoms with E-state index in [9.17, 15) is 5.11 Å². The summed E-state index contributed by atoms with van der Waals surface area (Å²) in [7, 11) is 1.70. The second kappa shape index (κ2) is 11.1. The van der Waals surface area contributed by atoms with Crippen LogP contribution in [0.1, 0.15) is 12.5 Å². The number of benzene rings is 1. The lowest BCUT2D eigenvalue weighted by Gasteiger charge is -2.10. The molecule has 0 aromatic heterocycles. The molecule has 1 rings (SSSR count). The molecule has 0 amide bonds. The zero-order valence-corrected chi connectivity index (χ0v) is 13.1. The summed E-state index contributed by atoms with van der Waals surface area (Å²) in [5.41, 5.74) is 1.25. The molecule has 0 bridgehead atoms. The minimum atomic E-state index is -0.407. The highest BCUT2D eigenvalue weighted by Gasteiger charge is 2.05. The van der Waals surface area contributed by atoms with Gasteiger partial charge in [0, 0.05) is 37.5 Å². The average molecular weight is 299 g/mol. The molecule has 0 heterocycles. The fourth-order valence-corrected chi connectivity index (χ4v) is 2.41. The second-order valence-electron chi connectivity index (χ2n) is 4.44. The first-order chi connectivity index (χ1) is 9.76. The molecule has 4 nitrogen and oxygen atoms in total. The Kier molecular flexibility index (Phi) is 9.70. The number of aliphatic hydroxyl groups excluding tert-OH is 1. The van der Waals surface area contributed by atoms with E-state index in [1.165, 1.54) is 10.5 Å². The molecule has 0 spiro atoms. The summed E-state index contributed by atoms with van der Waals surface area (Å²) in [5, 5.41) is 13.0. The number of aliphatic hydroxyl groups is 1. The molecular weight excluding hydrogens is 274 g/mol. The quantitative estimate of drug-likeness (QED) is 0.483. The normalized spacial score (nSPS) is 12.6. The molecule has 0 saturated heterocycles. The van der Waals surface area contributed by atoms with Gasteiger partial charge >= 0.3 is 0 Å². The fourth-order valence-electron chi connectivity index (χ4n) is 1.60. The zero-order valence-electron chi connectivity index (χ0n) is 12.3. The van der Waals surface area contributed by atoms with Gasteiger partial charge in [0.2, 0.25) is 0 Å². The maximum atomic E-state index is 9.70. The van der Waals surface area contributed by atoms with Crippen LogP contribution in [0.4, 0.5) is 0 Å². The van der Waals surface area contributed by atoms with Crippen molar-refractivity contribution in [2.45, 2.75) is 24.5 Å². The first kappa shape index (κ1) is 17.5. The van der Waals surface area contributed by atoms with E-state index in [0.717, 1.165) is 19.7 Å². The molecule has 0 aliphatic rings. The molecule has 0 aliphatic carbocycles. The Balaban J connectivity index is 2.24. The molecule has 20 heavy (non-hydrogen) atoms. The average Bonchev–Trinajstić information content (AvgIpc) is 2.48. The van der Waals surface area contributed by atoms with Crippen molar-refractivity contribution in [2.24, 2.45) is 0 Å². The van der Waals surface area contributed by atoms with Gasteiger partial charge in [-0.3, -0.25) is 0 Å². The van der Waals surface area contributed by atoms with E-state index in [2.05, 4.69) is 29.6 Å². The van der Waals surface area contributed by atoms with E-state index in [1.807, 2.05) is 6.92 Å². The van der Waals surface area contributed by atoms with E-state index in [4.69, 9.17) is 9.47 Å². The largest absolute Gasteiger partial charge is 0.390 e. The van der Waals surface area contributed by atoms with Crippen LogP contribution < -0.4 is 5.32 Å². The lowest BCUT2D eigenvalue weighted by molar-refractivity contribution is 0.0551. The molecular formula is C15H25NO3S. The van der Waals surface area contributed by atoms with Crippen molar-refractivity contribution in [1.29, 1.82) is 0 Å². The van der Waals surface area contributed by atoms with Crippen LogP contribution >= 0.6 is 11.8 Å².